The summed E-state index contributed by atoms with van der Waals surface area (Å²) in [5, 5.41) is 3.47. The van der Waals surface area contributed by atoms with Crippen LogP contribution in [0.3, 0.4) is 0 Å². The average molecular weight is 304 g/mol. The van der Waals surface area contributed by atoms with Crippen molar-refractivity contribution >= 4 is 17.5 Å². The van der Waals surface area contributed by atoms with Crippen LogP contribution in [0.1, 0.15) is 46.6 Å². The molecule has 1 aromatic rings. The molecule has 4 heteroatoms. The SMILES string of the molecule is CCC(C)CNc1ccc2c(c1)CCN2C(=O)OC(C)(C)C. The summed E-state index contributed by atoms with van der Waals surface area (Å²) in [7, 11) is 0. The quantitative estimate of drug-likeness (QED) is 0.894. The van der Waals surface area contributed by atoms with Crippen molar-refractivity contribution < 1.29 is 9.53 Å². The molecular formula is C18H28N2O2. The molecular weight excluding hydrogens is 276 g/mol. The van der Waals surface area contributed by atoms with Crippen molar-refractivity contribution in [3.05, 3.63) is 23.8 Å². The number of hydrogen-bond acceptors (Lipinski definition) is 3. The molecule has 0 radical (unpaired) electrons. The minimum absolute atomic E-state index is 0.258. The third-order valence-corrected chi connectivity index (χ3v) is 3.94. The minimum atomic E-state index is -0.461. The van der Waals surface area contributed by atoms with Gasteiger partial charge < -0.3 is 10.1 Å². The van der Waals surface area contributed by atoms with Crippen molar-refractivity contribution in [3.8, 4) is 0 Å². The van der Waals surface area contributed by atoms with Gasteiger partial charge in [0.1, 0.15) is 5.60 Å². The molecule has 0 aliphatic carbocycles. The van der Waals surface area contributed by atoms with E-state index in [9.17, 15) is 4.79 Å². The zero-order chi connectivity index (χ0) is 16.3. The first-order chi connectivity index (χ1) is 10.3. The van der Waals surface area contributed by atoms with E-state index in [1.807, 2.05) is 32.9 Å². The molecule has 1 heterocycles. The number of carbonyl (C=O) groups excluding carboxylic acids is 1. The molecule has 2 rings (SSSR count). The van der Waals surface area contributed by atoms with E-state index in [0.717, 1.165) is 24.3 Å². The lowest BCUT2D eigenvalue weighted by molar-refractivity contribution is 0.0584. The van der Waals surface area contributed by atoms with E-state index in [2.05, 4.69) is 25.2 Å². The van der Waals surface area contributed by atoms with Gasteiger partial charge in [-0.05, 0) is 56.9 Å². The monoisotopic (exact) mass is 304 g/mol. The Labute approximate surface area is 133 Å². The number of fused-ring (bicyclic) bond motifs is 1. The Morgan fingerprint density at radius 3 is 2.77 bits per heavy atom. The molecule has 1 aliphatic heterocycles. The van der Waals surface area contributed by atoms with Gasteiger partial charge in [-0.3, -0.25) is 4.90 Å². The summed E-state index contributed by atoms with van der Waals surface area (Å²) < 4.78 is 5.47. The second-order valence-electron chi connectivity index (χ2n) is 7.12. The Balaban J connectivity index is 2.05. The highest BCUT2D eigenvalue weighted by Gasteiger charge is 2.28. The second kappa shape index (κ2) is 6.59. The van der Waals surface area contributed by atoms with Gasteiger partial charge in [-0.15, -0.1) is 0 Å². The van der Waals surface area contributed by atoms with Gasteiger partial charge in [0.15, 0.2) is 0 Å². The molecule has 1 atom stereocenters. The summed E-state index contributed by atoms with van der Waals surface area (Å²) in [6.07, 6.45) is 1.80. The van der Waals surface area contributed by atoms with Crippen LogP contribution >= 0.6 is 0 Å². The zero-order valence-corrected chi connectivity index (χ0v) is 14.4. The molecule has 22 heavy (non-hydrogen) atoms. The number of benzene rings is 1. The van der Waals surface area contributed by atoms with Crippen molar-refractivity contribution in [3.63, 3.8) is 0 Å². The fourth-order valence-electron chi connectivity index (χ4n) is 2.45. The van der Waals surface area contributed by atoms with Crippen molar-refractivity contribution in [1.29, 1.82) is 0 Å². The minimum Gasteiger partial charge on any atom is -0.443 e. The van der Waals surface area contributed by atoms with Gasteiger partial charge in [0.2, 0.25) is 0 Å². The average Bonchev–Trinajstić information content (AvgIpc) is 2.86. The molecule has 0 saturated carbocycles. The van der Waals surface area contributed by atoms with Gasteiger partial charge in [0.05, 0.1) is 5.69 Å². The van der Waals surface area contributed by atoms with Gasteiger partial charge in [-0.1, -0.05) is 20.3 Å². The predicted molar refractivity (Wildman–Crippen MR) is 91.7 cm³/mol. The van der Waals surface area contributed by atoms with E-state index in [1.165, 1.54) is 12.0 Å². The van der Waals surface area contributed by atoms with Crippen LogP contribution in [-0.2, 0) is 11.2 Å². The topological polar surface area (TPSA) is 41.6 Å². The number of carbonyl (C=O) groups is 1. The first-order valence-corrected chi connectivity index (χ1v) is 8.17. The molecule has 0 fully saturated rings. The molecule has 1 unspecified atom stereocenters. The first kappa shape index (κ1) is 16.7. The molecule has 1 aromatic carbocycles. The number of nitrogens with one attached hydrogen (secondary N) is 1. The van der Waals surface area contributed by atoms with Gasteiger partial charge in [-0.2, -0.15) is 0 Å². The number of hydrogen-bond donors (Lipinski definition) is 1. The number of rotatable bonds is 4. The molecule has 1 amide bonds. The second-order valence-corrected chi connectivity index (χ2v) is 7.12. The Morgan fingerprint density at radius 2 is 2.14 bits per heavy atom. The fourth-order valence-corrected chi connectivity index (χ4v) is 2.45. The van der Waals surface area contributed by atoms with Gasteiger partial charge in [0.25, 0.3) is 0 Å². The Hall–Kier alpha value is -1.71. The van der Waals surface area contributed by atoms with Crippen molar-refractivity contribution in [2.24, 2.45) is 5.92 Å². The Bertz CT molecular complexity index is 534. The van der Waals surface area contributed by atoms with Crippen LogP contribution in [-0.4, -0.2) is 24.8 Å². The third kappa shape index (κ3) is 4.15. The fraction of sp³-hybridized carbons (Fsp3) is 0.611. The van der Waals surface area contributed by atoms with Crippen LogP contribution in [0, 0.1) is 5.92 Å². The summed E-state index contributed by atoms with van der Waals surface area (Å²) in [6.45, 7) is 11.8. The van der Waals surface area contributed by atoms with Crippen LogP contribution in [0.4, 0.5) is 16.2 Å². The normalized spacial score (nSPS) is 15.4. The summed E-state index contributed by atoms with van der Waals surface area (Å²) in [4.78, 5) is 14.0. The third-order valence-electron chi connectivity index (χ3n) is 3.94. The predicted octanol–water partition coefficient (Wildman–Crippen LogP) is 4.44. The number of nitrogens with zero attached hydrogens (tertiary/aromatic N) is 1. The zero-order valence-electron chi connectivity index (χ0n) is 14.4. The van der Waals surface area contributed by atoms with E-state index in [-0.39, 0.29) is 6.09 Å². The standard InChI is InChI=1S/C18H28N2O2/c1-6-13(2)12-19-15-7-8-16-14(11-15)9-10-20(16)17(21)22-18(3,4)5/h7-8,11,13,19H,6,9-10,12H2,1-5H3. The molecule has 1 aliphatic rings. The maximum atomic E-state index is 12.3. The smallest absolute Gasteiger partial charge is 0.414 e. The summed E-state index contributed by atoms with van der Waals surface area (Å²) in [6, 6.07) is 6.22. The van der Waals surface area contributed by atoms with Crippen LogP contribution in [0.25, 0.3) is 0 Å². The summed E-state index contributed by atoms with van der Waals surface area (Å²) in [5.74, 6) is 0.659. The maximum absolute atomic E-state index is 12.3. The molecule has 1 N–H and O–H groups in total. The van der Waals surface area contributed by atoms with E-state index in [4.69, 9.17) is 4.74 Å². The highest BCUT2D eigenvalue weighted by Crippen LogP contribution is 2.31. The molecule has 0 spiro atoms. The molecule has 0 saturated heterocycles. The molecule has 0 bridgehead atoms. The highest BCUT2D eigenvalue weighted by molar-refractivity contribution is 5.91. The Kier molecular flexibility index (Phi) is 4.99. The van der Waals surface area contributed by atoms with E-state index >= 15 is 0 Å². The van der Waals surface area contributed by atoms with Crippen molar-refractivity contribution in [1.82, 2.24) is 0 Å². The van der Waals surface area contributed by atoms with Crippen LogP contribution in [0.5, 0.6) is 0 Å². The van der Waals surface area contributed by atoms with Crippen molar-refractivity contribution in [2.75, 3.05) is 23.3 Å². The van der Waals surface area contributed by atoms with Gasteiger partial charge in [-0.25, -0.2) is 4.79 Å². The van der Waals surface area contributed by atoms with E-state index in [1.54, 1.807) is 4.90 Å². The molecule has 4 nitrogen and oxygen atoms in total. The summed E-state index contributed by atoms with van der Waals surface area (Å²) >= 11 is 0. The highest BCUT2D eigenvalue weighted by atomic mass is 16.6. The number of amides is 1. The molecule has 122 valence electrons. The van der Waals surface area contributed by atoms with Gasteiger partial charge in [0, 0.05) is 18.8 Å². The lowest BCUT2D eigenvalue weighted by Gasteiger charge is -2.24. The van der Waals surface area contributed by atoms with Crippen molar-refractivity contribution in [2.45, 2.75) is 53.1 Å². The van der Waals surface area contributed by atoms with Crippen LogP contribution in [0.15, 0.2) is 18.2 Å². The summed E-state index contributed by atoms with van der Waals surface area (Å²) in [5.41, 5.74) is 2.85. The van der Waals surface area contributed by atoms with Crippen LogP contribution in [0.2, 0.25) is 0 Å². The number of anilines is 2. The first-order valence-electron chi connectivity index (χ1n) is 8.17. The Morgan fingerprint density at radius 1 is 1.41 bits per heavy atom. The van der Waals surface area contributed by atoms with Gasteiger partial charge >= 0.3 is 6.09 Å². The lowest BCUT2D eigenvalue weighted by Crippen LogP contribution is -2.35. The largest absolute Gasteiger partial charge is 0.443 e. The number of ether oxygens (including phenoxy) is 1. The van der Waals surface area contributed by atoms with E-state index < -0.39 is 5.60 Å². The van der Waals surface area contributed by atoms with E-state index in [0.29, 0.717) is 12.5 Å². The maximum Gasteiger partial charge on any atom is 0.414 e. The van der Waals surface area contributed by atoms with Crippen LogP contribution < -0.4 is 10.2 Å². The molecule has 0 aromatic heterocycles. The lowest BCUT2D eigenvalue weighted by atomic mass is 10.1.